The summed E-state index contributed by atoms with van der Waals surface area (Å²) < 4.78 is 35.1. The molecule has 0 atom stereocenters. The molecule has 6 rings (SSSR count). The third kappa shape index (κ3) is 12.3. The monoisotopic (exact) mass is 726 g/mol. The Kier molecular flexibility index (Phi) is 14.2. The smallest absolute Gasteiger partial charge is 0.409 e. The van der Waals surface area contributed by atoms with Crippen LogP contribution in [0.4, 0.5) is 0 Å². The summed E-state index contributed by atoms with van der Waals surface area (Å²) in [5, 5.41) is 0. The Balaban J connectivity index is 0.000000200. The zero-order chi connectivity index (χ0) is 30.1. The van der Waals surface area contributed by atoms with Crippen LogP contribution in [0.25, 0.3) is 0 Å². The summed E-state index contributed by atoms with van der Waals surface area (Å²) in [7, 11) is -3.18. The average Bonchev–Trinajstić information content (AvgIpc) is 3.08. The van der Waals surface area contributed by atoms with Gasteiger partial charge in [-0.05, 0) is 72.8 Å². The number of rotatable bonds is 12. The molecule has 0 amide bonds. The van der Waals surface area contributed by atoms with Gasteiger partial charge in [0.05, 0.1) is 0 Å². The van der Waals surface area contributed by atoms with E-state index >= 15 is 0 Å². The Morgan fingerprint density at radius 3 is 0.489 bits per heavy atom. The first-order valence-electron chi connectivity index (χ1n) is 13.8. The minimum Gasteiger partial charge on any atom is -0.409 e. The van der Waals surface area contributed by atoms with Crippen molar-refractivity contribution in [2.45, 2.75) is 0 Å². The fourth-order valence-electron chi connectivity index (χ4n) is 3.52. The molecule has 0 N–H and O–H groups in total. The van der Waals surface area contributed by atoms with Gasteiger partial charge in [0.15, 0.2) is 0 Å². The molecule has 0 saturated carbocycles. The van der Waals surface area contributed by atoms with Gasteiger partial charge in [0.25, 0.3) is 0 Å². The van der Waals surface area contributed by atoms with E-state index in [-0.39, 0.29) is 20.4 Å². The van der Waals surface area contributed by atoms with E-state index < -0.39 is 17.2 Å². The molecule has 0 radical (unpaired) electrons. The van der Waals surface area contributed by atoms with E-state index in [0.717, 1.165) is 0 Å². The van der Waals surface area contributed by atoms with Crippen LogP contribution in [0.2, 0.25) is 0 Å². The van der Waals surface area contributed by atoms with Crippen molar-refractivity contribution < 1.29 is 47.6 Å². The molecular formula is C36H30O6P2Pd. The van der Waals surface area contributed by atoms with Crippen LogP contribution < -0.4 is 27.1 Å². The van der Waals surface area contributed by atoms with E-state index in [9.17, 15) is 0 Å². The van der Waals surface area contributed by atoms with Gasteiger partial charge in [0.1, 0.15) is 34.5 Å². The molecule has 6 aromatic carbocycles. The van der Waals surface area contributed by atoms with E-state index in [1.165, 1.54) is 0 Å². The molecule has 0 heterocycles. The fraction of sp³-hybridized carbons (Fsp3) is 0. The van der Waals surface area contributed by atoms with E-state index in [1.807, 2.05) is 182 Å². The van der Waals surface area contributed by atoms with Crippen molar-refractivity contribution in [2.24, 2.45) is 0 Å². The maximum Gasteiger partial charge on any atom is 0.530 e. The van der Waals surface area contributed by atoms with Gasteiger partial charge in [-0.15, -0.1) is 0 Å². The van der Waals surface area contributed by atoms with Crippen molar-refractivity contribution in [2.75, 3.05) is 0 Å². The zero-order valence-corrected chi connectivity index (χ0v) is 27.3. The van der Waals surface area contributed by atoms with Gasteiger partial charge < -0.3 is 27.1 Å². The Morgan fingerprint density at radius 1 is 0.222 bits per heavy atom. The average molecular weight is 727 g/mol. The molecular weight excluding hydrogens is 697 g/mol. The van der Waals surface area contributed by atoms with Crippen LogP contribution in [0, 0.1) is 0 Å². The quantitative estimate of drug-likeness (QED) is 0.0924. The molecule has 0 aromatic heterocycles. The van der Waals surface area contributed by atoms with Crippen LogP contribution in [0.3, 0.4) is 0 Å². The molecule has 6 nitrogen and oxygen atoms in total. The molecule has 6 aromatic rings. The predicted octanol–water partition coefficient (Wildman–Crippen LogP) is 10.9. The van der Waals surface area contributed by atoms with Crippen LogP contribution in [0.15, 0.2) is 182 Å². The summed E-state index contributed by atoms with van der Waals surface area (Å²) >= 11 is 0. The van der Waals surface area contributed by atoms with Crippen molar-refractivity contribution in [1.82, 2.24) is 0 Å². The summed E-state index contributed by atoms with van der Waals surface area (Å²) in [6.45, 7) is 0. The molecule has 230 valence electrons. The first-order chi connectivity index (χ1) is 21.8. The van der Waals surface area contributed by atoms with Crippen molar-refractivity contribution in [1.29, 1.82) is 0 Å². The van der Waals surface area contributed by atoms with Gasteiger partial charge in [0.2, 0.25) is 0 Å². The molecule has 45 heavy (non-hydrogen) atoms. The van der Waals surface area contributed by atoms with E-state index in [1.54, 1.807) is 0 Å². The van der Waals surface area contributed by atoms with Gasteiger partial charge >= 0.3 is 17.2 Å². The predicted molar refractivity (Wildman–Crippen MR) is 176 cm³/mol. The second kappa shape index (κ2) is 19.1. The van der Waals surface area contributed by atoms with Crippen molar-refractivity contribution in [3.63, 3.8) is 0 Å². The van der Waals surface area contributed by atoms with Gasteiger partial charge in [-0.2, -0.15) is 0 Å². The van der Waals surface area contributed by atoms with Crippen molar-refractivity contribution >= 4 is 17.2 Å². The minimum atomic E-state index is -1.59. The molecule has 0 saturated heterocycles. The van der Waals surface area contributed by atoms with Crippen molar-refractivity contribution in [3.8, 4) is 34.5 Å². The first kappa shape index (κ1) is 33.5. The molecule has 0 spiro atoms. The second-order valence-electron chi connectivity index (χ2n) is 8.87. The molecule has 0 fully saturated rings. The van der Waals surface area contributed by atoms with E-state index in [4.69, 9.17) is 27.1 Å². The number of hydrogen-bond acceptors (Lipinski definition) is 6. The van der Waals surface area contributed by atoms with Gasteiger partial charge in [-0.3, -0.25) is 0 Å². The third-order valence-corrected chi connectivity index (χ3v) is 7.70. The van der Waals surface area contributed by atoms with Crippen LogP contribution in [-0.2, 0) is 20.4 Å². The van der Waals surface area contributed by atoms with Crippen LogP contribution in [0.5, 0.6) is 34.5 Å². The largest absolute Gasteiger partial charge is 0.530 e. The van der Waals surface area contributed by atoms with Crippen LogP contribution in [-0.4, -0.2) is 0 Å². The van der Waals surface area contributed by atoms with Crippen LogP contribution in [0.1, 0.15) is 0 Å². The first-order valence-corrected chi connectivity index (χ1v) is 16.0. The van der Waals surface area contributed by atoms with E-state index in [0.29, 0.717) is 34.5 Å². The third-order valence-electron chi connectivity index (χ3n) is 5.54. The maximum absolute atomic E-state index is 5.84. The minimum absolute atomic E-state index is 0. The molecule has 0 aliphatic rings. The van der Waals surface area contributed by atoms with E-state index in [2.05, 4.69) is 0 Å². The summed E-state index contributed by atoms with van der Waals surface area (Å²) in [6, 6.07) is 57.0. The Morgan fingerprint density at radius 2 is 0.356 bits per heavy atom. The van der Waals surface area contributed by atoms with Gasteiger partial charge in [-0.25, -0.2) is 0 Å². The molecule has 0 aliphatic heterocycles. The molecule has 0 aliphatic carbocycles. The maximum atomic E-state index is 5.84. The summed E-state index contributed by atoms with van der Waals surface area (Å²) in [4.78, 5) is 0. The van der Waals surface area contributed by atoms with Crippen molar-refractivity contribution in [3.05, 3.63) is 182 Å². The van der Waals surface area contributed by atoms with Crippen LogP contribution >= 0.6 is 17.2 Å². The summed E-state index contributed by atoms with van der Waals surface area (Å²) in [6.07, 6.45) is 0. The number of para-hydroxylation sites is 6. The SMILES string of the molecule is [Pd].c1ccc(OP(Oc2ccccc2)Oc2ccccc2)cc1.c1ccc(OP(Oc2ccccc2)Oc2ccccc2)cc1. The molecule has 0 unspecified atom stereocenters. The summed E-state index contributed by atoms with van der Waals surface area (Å²) in [5.41, 5.74) is 0. The topological polar surface area (TPSA) is 55.4 Å². The number of hydrogen-bond donors (Lipinski definition) is 0. The Labute approximate surface area is 280 Å². The van der Waals surface area contributed by atoms with Gasteiger partial charge in [0, 0.05) is 20.4 Å². The summed E-state index contributed by atoms with van der Waals surface area (Å²) in [5.74, 6) is 4.25. The Bertz CT molecular complexity index is 1280. The molecule has 0 bridgehead atoms. The second-order valence-corrected chi connectivity index (χ2v) is 10.9. The Hall–Kier alpha value is -4.36. The zero-order valence-electron chi connectivity index (χ0n) is 24.0. The van der Waals surface area contributed by atoms with Gasteiger partial charge in [-0.1, -0.05) is 109 Å². The standard InChI is InChI=1S/2C18H15O3P.Pd/c2*1-4-10-16(11-5-1)19-22(20-17-12-6-2-7-13-17)21-18-14-8-3-9-15-18;/h2*1-15H;. The number of benzene rings is 6. The molecule has 9 heteroatoms. The normalized spacial score (nSPS) is 10.0. The fourth-order valence-corrected chi connectivity index (χ4v) is 5.50.